The summed E-state index contributed by atoms with van der Waals surface area (Å²) in [5.41, 5.74) is 1.75. The van der Waals surface area contributed by atoms with E-state index in [0.717, 1.165) is 38.8 Å². The molecule has 1 saturated heterocycles. The molecule has 0 bridgehead atoms. The number of urea groups is 1. The van der Waals surface area contributed by atoms with Gasteiger partial charge in [0, 0.05) is 17.2 Å². The molecule has 1 spiro atoms. The Labute approximate surface area is 166 Å². The highest BCUT2D eigenvalue weighted by molar-refractivity contribution is 7.99. The number of amides is 4. The summed E-state index contributed by atoms with van der Waals surface area (Å²) in [5, 5.41) is 2.88. The van der Waals surface area contributed by atoms with Gasteiger partial charge >= 0.3 is 6.03 Å². The van der Waals surface area contributed by atoms with E-state index in [1.54, 1.807) is 16.7 Å². The van der Waals surface area contributed by atoms with Gasteiger partial charge in [0.25, 0.3) is 5.91 Å². The Morgan fingerprint density at radius 2 is 1.89 bits per heavy atom. The second kappa shape index (κ2) is 6.38. The molecule has 0 saturated carbocycles. The lowest BCUT2D eigenvalue weighted by Crippen LogP contribution is -2.46. The third-order valence-corrected chi connectivity index (χ3v) is 6.79. The quantitative estimate of drug-likeness (QED) is 0.796. The Morgan fingerprint density at radius 1 is 1.11 bits per heavy atom. The molecule has 0 aromatic heterocycles. The predicted molar refractivity (Wildman–Crippen MR) is 106 cm³/mol. The lowest BCUT2D eigenvalue weighted by molar-refractivity contribution is -0.134. The van der Waals surface area contributed by atoms with Crippen molar-refractivity contribution in [3.63, 3.8) is 0 Å². The first-order valence-corrected chi connectivity index (χ1v) is 10.3. The van der Waals surface area contributed by atoms with Crippen LogP contribution in [0.15, 0.2) is 53.4 Å². The SMILES string of the molecule is O=C1N[C@@]2(CCc3ccccc32)C(=O)N1CC(=O)N1CCSc2ccccc21. The standard InChI is InChI=1S/C21H19N3O3S/c25-18(23-11-12-28-17-8-4-3-7-16(17)23)13-24-19(26)21(22-20(24)27)10-9-14-5-1-2-6-15(14)21/h1-8H,9-13H2,(H,22,27)/t21-/m1/s1. The number of rotatable bonds is 2. The minimum absolute atomic E-state index is 0.236. The number of fused-ring (bicyclic) bond motifs is 3. The molecule has 2 aromatic rings. The number of carbonyl (C=O) groups is 3. The average molecular weight is 393 g/mol. The number of anilines is 1. The molecule has 7 heteroatoms. The Morgan fingerprint density at radius 3 is 2.79 bits per heavy atom. The van der Waals surface area contributed by atoms with Gasteiger partial charge in [-0.3, -0.25) is 14.5 Å². The summed E-state index contributed by atoms with van der Waals surface area (Å²) in [6, 6.07) is 14.9. The van der Waals surface area contributed by atoms with Crippen molar-refractivity contribution in [1.82, 2.24) is 10.2 Å². The average Bonchev–Trinajstić information content (AvgIpc) is 3.21. The molecule has 1 atom stereocenters. The number of benzene rings is 2. The third-order valence-electron chi connectivity index (χ3n) is 5.75. The summed E-state index contributed by atoms with van der Waals surface area (Å²) in [7, 11) is 0. The van der Waals surface area contributed by atoms with E-state index < -0.39 is 11.6 Å². The van der Waals surface area contributed by atoms with E-state index in [2.05, 4.69) is 5.32 Å². The van der Waals surface area contributed by atoms with Crippen molar-refractivity contribution >= 4 is 35.3 Å². The van der Waals surface area contributed by atoms with Crippen LogP contribution in [-0.4, -0.2) is 41.6 Å². The number of para-hydroxylation sites is 1. The molecule has 4 amide bonds. The first kappa shape index (κ1) is 17.3. The molecule has 0 unspecified atom stereocenters. The number of thioether (sulfide) groups is 1. The van der Waals surface area contributed by atoms with Crippen molar-refractivity contribution in [3.05, 3.63) is 59.7 Å². The van der Waals surface area contributed by atoms with Crippen molar-refractivity contribution < 1.29 is 14.4 Å². The van der Waals surface area contributed by atoms with E-state index in [4.69, 9.17) is 0 Å². The number of aryl methyl sites for hydroxylation is 1. The lowest BCUT2D eigenvalue weighted by atomic mass is 9.92. The fourth-order valence-corrected chi connectivity index (χ4v) is 5.38. The highest BCUT2D eigenvalue weighted by atomic mass is 32.2. The fraction of sp³-hybridized carbons (Fsp3) is 0.286. The molecule has 0 radical (unpaired) electrons. The van der Waals surface area contributed by atoms with Crippen LogP contribution in [0.2, 0.25) is 0 Å². The molecule has 2 heterocycles. The molecule has 1 N–H and O–H groups in total. The van der Waals surface area contributed by atoms with Gasteiger partial charge in [-0.15, -0.1) is 11.8 Å². The molecule has 28 heavy (non-hydrogen) atoms. The molecular weight excluding hydrogens is 374 g/mol. The van der Waals surface area contributed by atoms with E-state index in [1.165, 1.54) is 0 Å². The van der Waals surface area contributed by atoms with Gasteiger partial charge in [-0.1, -0.05) is 36.4 Å². The first-order chi connectivity index (χ1) is 13.6. The van der Waals surface area contributed by atoms with Gasteiger partial charge in [-0.2, -0.15) is 0 Å². The fourth-order valence-electron chi connectivity index (χ4n) is 4.38. The van der Waals surface area contributed by atoms with Crippen LogP contribution in [0.1, 0.15) is 17.5 Å². The number of nitrogens with one attached hydrogen (secondary N) is 1. The van der Waals surface area contributed by atoms with Crippen molar-refractivity contribution in [2.75, 3.05) is 23.7 Å². The number of nitrogens with zero attached hydrogens (tertiary/aromatic N) is 2. The minimum Gasteiger partial charge on any atom is -0.319 e. The monoisotopic (exact) mass is 393 g/mol. The third kappa shape index (κ3) is 2.46. The minimum atomic E-state index is -1.02. The van der Waals surface area contributed by atoms with Crippen LogP contribution >= 0.6 is 11.8 Å². The molecule has 2 aromatic carbocycles. The number of hydrogen-bond donors (Lipinski definition) is 1. The summed E-state index contributed by atoms with van der Waals surface area (Å²) in [6.07, 6.45) is 1.27. The summed E-state index contributed by atoms with van der Waals surface area (Å²) < 4.78 is 0. The summed E-state index contributed by atoms with van der Waals surface area (Å²) >= 11 is 1.71. The van der Waals surface area contributed by atoms with Gasteiger partial charge in [-0.25, -0.2) is 4.79 Å². The highest BCUT2D eigenvalue weighted by Gasteiger charge is 2.55. The van der Waals surface area contributed by atoms with Crippen LogP contribution in [0.25, 0.3) is 0 Å². The highest BCUT2D eigenvalue weighted by Crippen LogP contribution is 2.41. The van der Waals surface area contributed by atoms with Gasteiger partial charge in [0.15, 0.2) is 0 Å². The zero-order chi connectivity index (χ0) is 19.3. The second-order valence-electron chi connectivity index (χ2n) is 7.25. The Balaban J connectivity index is 1.41. The van der Waals surface area contributed by atoms with Crippen molar-refractivity contribution in [2.24, 2.45) is 0 Å². The Hall–Kier alpha value is -2.80. The molecule has 2 aliphatic heterocycles. The topological polar surface area (TPSA) is 69.7 Å². The van der Waals surface area contributed by atoms with E-state index in [1.807, 2.05) is 48.5 Å². The maximum absolute atomic E-state index is 13.2. The lowest BCUT2D eigenvalue weighted by Gasteiger charge is -2.30. The van der Waals surface area contributed by atoms with Gasteiger partial charge in [0.1, 0.15) is 12.1 Å². The molecule has 142 valence electrons. The summed E-state index contributed by atoms with van der Waals surface area (Å²) in [6.45, 7) is 0.325. The Bertz CT molecular complexity index is 1010. The molecule has 6 nitrogen and oxygen atoms in total. The molecular formula is C21H19N3O3S. The largest absolute Gasteiger partial charge is 0.325 e. The zero-order valence-corrected chi connectivity index (χ0v) is 16.0. The molecule has 1 fully saturated rings. The van der Waals surface area contributed by atoms with E-state index >= 15 is 0 Å². The number of hydrogen-bond acceptors (Lipinski definition) is 4. The van der Waals surface area contributed by atoms with E-state index in [9.17, 15) is 14.4 Å². The van der Waals surface area contributed by atoms with Crippen molar-refractivity contribution in [1.29, 1.82) is 0 Å². The Kier molecular flexibility index (Phi) is 3.94. The van der Waals surface area contributed by atoms with E-state index in [0.29, 0.717) is 13.0 Å². The maximum atomic E-state index is 13.2. The molecule has 1 aliphatic carbocycles. The summed E-state index contributed by atoms with van der Waals surface area (Å²) in [5.74, 6) is 0.232. The van der Waals surface area contributed by atoms with Gasteiger partial charge in [0.05, 0.1) is 5.69 Å². The second-order valence-corrected chi connectivity index (χ2v) is 8.38. The van der Waals surface area contributed by atoms with Crippen LogP contribution in [0.3, 0.4) is 0 Å². The van der Waals surface area contributed by atoms with Crippen LogP contribution in [0.5, 0.6) is 0 Å². The number of carbonyl (C=O) groups excluding carboxylic acids is 3. The van der Waals surface area contributed by atoms with Crippen LogP contribution in [0.4, 0.5) is 10.5 Å². The van der Waals surface area contributed by atoms with Gasteiger partial charge in [0.2, 0.25) is 5.91 Å². The normalized spacial score (nSPS) is 23.0. The maximum Gasteiger partial charge on any atom is 0.325 e. The van der Waals surface area contributed by atoms with Gasteiger partial charge in [-0.05, 0) is 36.1 Å². The summed E-state index contributed by atoms with van der Waals surface area (Å²) in [4.78, 5) is 42.7. The number of imide groups is 1. The van der Waals surface area contributed by atoms with Crippen molar-refractivity contribution in [2.45, 2.75) is 23.3 Å². The van der Waals surface area contributed by atoms with Crippen molar-refractivity contribution in [3.8, 4) is 0 Å². The molecule has 5 rings (SSSR count). The van der Waals surface area contributed by atoms with E-state index in [-0.39, 0.29) is 18.4 Å². The smallest absolute Gasteiger partial charge is 0.319 e. The molecule has 3 aliphatic rings. The first-order valence-electron chi connectivity index (χ1n) is 9.35. The van der Waals surface area contributed by atoms with Gasteiger partial charge < -0.3 is 10.2 Å². The van der Waals surface area contributed by atoms with Crippen LogP contribution < -0.4 is 10.2 Å². The van der Waals surface area contributed by atoms with Crippen LogP contribution in [-0.2, 0) is 21.5 Å². The van der Waals surface area contributed by atoms with Crippen LogP contribution in [0, 0.1) is 0 Å². The predicted octanol–water partition coefficient (Wildman–Crippen LogP) is 2.52. The zero-order valence-electron chi connectivity index (χ0n) is 15.2.